The van der Waals surface area contributed by atoms with E-state index < -0.39 is 0 Å². The zero-order chi connectivity index (χ0) is 17.6. The van der Waals surface area contributed by atoms with Crippen molar-refractivity contribution >= 4 is 35.3 Å². The van der Waals surface area contributed by atoms with Crippen molar-refractivity contribution in [2.24, 2.45) is 5.92 Å². The molecule has 0 amide bonds. The number of piperidine rings is 1. The number of aryl methyl sites for hydroxylation is 1. The average Bonchev–Trinajstić information content (AvgIpc) is 3.01. The largest absolute Gasteiger partial charge is 0.497 e. The van der Waals surface area contributed by atoms with Crippen LogP contribution in [0.25, 0.3) is 0 Å². The Morgan fingerprint density at radius 2 is 2.00 bits per heavy atom. The summed E-state index contributed by atoms with van der Waals surface area (Å²) in [7, 11) is 1.71. The number of hydrogen-bond acceptors (Lipinski definition) is 6. The van der Waals surface area contributed by atoms with Crippen LogP contribution in [0.3, 0.4) is 0 Å². The van der Waals surface area contributed by atoms with E-state index in [-0.39, 0.29) is 0 Å². The molecular formula is C18H25N3OS3. The van der Waals surface area contributed by atoms with Gasteiger partial charge in [-0.1, -0.05) is 35.2 Å². The first-order valence-electron chi connectivity index (χ1n) is 8.65. The molecule has 2 heterocycles. The molecular weight excluding hydrogens is 370 g/mol. The lowest BCUT2D eigenvalue weighted by atomic mass is 9.91. The van der Waals surface area contributed by atoms with E-state index in [1.54, 1.807) is 30.2 Å². The minimum absolute atomic E-state index is 0.823. The first-order chi connectivity index (χ1) is 12.2. The number of nitrogens with zero attached hydrogens (tertiary/aromatic N) is 3. The van der Waals surface area contributed by atoms with Crippen molar-refractivity contribution in [1.29, 1.82) is 0 Å². The molecule has 1 aliphatic heterocycles. The Morgan fingerprint density at radius 3 is 2.60 bits per heavy atom. The van der Waals surface area contributed by atoms with Crippen LogP contribution in [0, 0.1) is 9.87 Å². The first-order valence-corrected chi connectivity index (χ1v) is 11.1. The third kappa shape index (κ3) is 5.29. The molecule has 0 N–H and O–H groups in total. The van der Waals surface area contributed by atoms with Crippen LogP contribution >= 0.6 is 35.3 Å². The van der Waals surface area contributed by atoms with Gasteiger partial charge in [0.05, 0.1) is 13.8 Å². The number of rotatable bonds is 7. The van der Waals surface area contributed by atoms with Crippen molar-refractivity contribution in [3.05, 3.63) is 33.8 Å². The fourth-order valence-corrected chi connectivity index (χ4v) is 4.96. The van der Waals surface area contributed by atoms with Crippen molar-refractivity contribution < 1.29 is 4.74 Å². The van der Waals surface area contributed by atoms with Crippen molar-refractivity contribution in [3.8, 4) is 5.75 Å². The molecule has 1 saturated heterocycles. The number of ether oxygens (including phenoxy) is 1. The van der Waals surface area contributed by atoms with Gasteiger partial charge in [-0.25, -0.2) is 4.68 Å². The second-order valence-corrected chi connectivity index (χ2v) is 9.10. The number of aromatic nitrogens is 2. The maximum atomic E-state index is 5.41. The summed E-state index contributed by atoms with van der Waals surface area (Å²) in [5.74, 6) is 1.76. The minimum atomic E-state index is 0.823. The monoisotopic (exact) mass is 395 g/mol. The SMILES string of the molecule is COc1ccc(CCC2CCN(Cn3nc(SC)sc3=S)CC2)cc1. The molecule has 4 nitrogen and oxygen atoms in total. The molecule has 0 aliphatic carbocycles. The van der Waals surface area contributed by atoms with Crippen molar-refractivity contribution in [2.75, 3.05) is 26.5 Å². The lowest BCUT2D eigenvalue weighted by molar-refractivity contribution is 0.136. The van der Waals surface area contributed by atoms with Crippen LogP contribution < -0.4 is 4.74 Å². The van der Waals surface area contributed by atoms with Crippen molar-refractivity contribution in [3.63, 3.8) is 0 Å². The maximum absolute atomic E-state index is 5.41. The number of likely N-dealkylation sites (tertiary alicyclic amines) is 1. The Morgan fingerprint density at radius 1 is 1.28 bits per heavy atom. The summed E-state index contributed by atoms with van der Waals surface area (Å²) >= 11 is 8.69. The summed E-state index contributed by atoms with van der Waals surface area (Å²) in [5, 5.41) is 4.57. The summed E-state index contributed by atoms with van der Waals surface area (Å²) in [6.45, 7) is 3.11. The highest BCUT2D eigenvalue weighted by atomic mass is 32.2. The first kappa shape index (κ1) is 18.9. The van der Waals surface area contributed by atoms with E-state index in [0.29, 0.717) is 0 Å². The van der Waals surface area contributed by atoms with Crippen LogP contribution in [0.5, 0.6) is 5.75 Å². The van der Waals surface area contributed by atoms with E-state index in [2.05, 4.69) is 34.3 Å². The van der Waals surface area contributed by atoms with E-state index in [1.807, 2.05) is 10.9 Å². The van der Waals surface area contributed by atoms with Gasteiger partial charge < -0.3 is 4.74 Å². The number of methoxy groups -OCH3 is 1. The molecule has 0 radical (unpaired) electrons. The highest BCUT2D eigenvalue weighted by Crippen LogP contribution is 2.24. The summed E-state index contributed by atoms with van der Waals surface area (Å²) in [6.07, 6.45) is 7.01. The summed E-state index contributed by atoms with van der Waals surface area (Å²) < 4.78 is 9.13. The Bertz CT molecular complexity index is 718. The highest BCUT2D eigenvalue weighted by molar-refractivity contribution is 8.00. The molecule has 1 aromatic heterocycles. The van der Waals surface area contributed by atoms with Crippen LogP contribution in [0.15, 0.2) is 28.6 Å². The van der Waals surface area contributed by atoms with Crippen LogP contribution in [0.1, 0.15) is 24.8 Å². The third-order valence-corrected chi connectivity index (χ3v) is 7.09. The number of hydrogen-bond donors (Lipinski definition) is 0. The molecule has 0 atom stereocenters. The van der Waals surface area contributed by atoms with Gasteiger partial charge in [0.25, 0.3) is 0 Å². The second kappa shape index (κ2) is 9.16. The summed E-state index contributed by atoms with van der Waals surface area (Å²) in [5.41, 5.74) is 1.40. The van der Waals surface area contributed by atoms with Gasteiger partial charge in [0.2, 0.25) is 0 Å². The molecule has 0 saturated carbocycles. The van der Waals surface area contributed by atoms with E-state index in [9.17, 15) is 0 Å². The zero-order valence-electron chi connectivity index (χ0n) is 14.8. The van der Waals surface area contributed by atoms with Crippen molar-refractivity contribution in [2.45, 2.75) is 36.7 Å². The lowest BCUT2D eigenvalue weighted by Gasteiger charge is -2.31. The van der Waals surface area contributed by atoms with Crippen LogP contribution in [-0.2, 0) is 13.1 Å². The van der Waals surface area contributed by atoms with Crippen LogP contribution in [0.4, 0.5) is 0 Å². The Hall–Kier alpha value is -0.890. The van der Waals surface area contributed by atoms with Gasteiger partial charge in [-0.2, -0.15) is 5.10 Å². The van der Waals surface area contributed by atoms with Crippen molar-refractivity contribution in [1.82, 2.24) is 14.7 Å². The molecule has 0 unspecified atom stereocenters. The average molecular weight is 396 g/mol. The van der Waals surface area contributed by atoms with Gasteiger partial charge in [0.15, 0.2) is 8.29 Å². The molecule has 1 fully saturated rings. The molecule has 0 bridgehead atoms. The Labute approximate surface area is 163 Å². The smallest absolute Gasteiger partial charge is 0.181 e. The predicted molar refractivity (Wildman–Crippen MR) is 108 cm³/mol. The highest BCUT2D eigenvalue weighted by Gasteiger charge is 2.20. The zero-order valence-corrected chi connectivity index (χ0v) is 17.3. The normalized spacial score (nSPS) is 16.2. The van der Waals surface area contributed by atoms with E-state index >= 15 is 0 Å². The molecule has 0 spiro atoms. The van der Waals surface area contributed by atoms with E-state index in [1.165, 1.54) is 24.8 Å². The van der Waals surface area contributed by atoms with Gasteiger partial charge in [0, 0.05) is 13.1 Å². The van der Waals surface area contributed by atoms with Gasteiger partial charge in [-0.05, 0) is 67.8 Å². The number of benzene rings is 1. The Balaban J connectivity index is 1.43. The van der Waals surface area contributed by atoms with Gasteiger partial charge >= 0.3 is 0 Å². The van der Waals surface area contributed by atoms with Gasteiger partial charge in [0.1, 0.15) is 5.75 Å². The lowest BCUT2D eigenvalue weighted by Crippen LogP contribution is -2.35. The maximum Gasteiger partial charge on any atom is 0.181 e. The summed E-state index contributed by atoms with van der Waals surface area (Å²) in [4.78, 5) is 2.48. The van der Waals surface area contributed by atoms with Crippen LogP contribution in [0.2, 0.25) is 0 Å². The predicted octanol–water partition coefficient (Wildman–Crippen LogP) is 4.71. The topological polar surface area (TPSA) is 30.3 Å². The molecule has 3 rings (SSSR count). The second-order valence-electron chi connectivity index (χ2n) is 6.43. The Kier molecular flexibility index (Phi) is 6.92. The molecule has 1 aliphatic rings. The standard InChI is InChI=1S/C18H25N3OS3/c1-22-16-7-5-14(6-8-16)3-4-15-9-11-20(12-10-15)13-21-18(23)25-17(19-21)24-2/h5-8,15H,3-4,9-13H2,1-2H3. The fourth-order valence-electron chi connectivity index (χ4n) is 3.23. The fraction of sp³-hybridized carbons (Fsp3) is 0.556. The minimum Gasteiger partial charge on any atom is -0.497 e. The molecule has 136 valence electrons. The summed E-state index contributed by atoms with van der Waals surface area (Å²) in [6, 6.07) is 8.47. The molecule has 25 heavy (non-hydrogen) atoms. The number of thioether (sulfide) groups is 1. The van der Waals surface area contributed by atoms with E-state index in [0.717, 1.165) is 46.1 Å². The quantitative estimate of drug-likeness (QED) is 0.501. The van der Waals surface area contributed by atoms with Gasteiger partial charge in [-0.3, -0.25) is 4.90 Å². The van der Waals surface area contributed by atoms with Gasteiger partial charge in [-0.15, -0.1) is 0 Å². The van der Waals surface area contributed by atoms with E-state index in [4.69, 9.17) is 17.0 Å². The third-order valence-electron chi connectivity index (χ3n) is 4.80. The molecule has 1 aromatic carbocycles. The molecule has 2 aromatic rings. The molecule has 7 heteroatoms. The van der Waals surface area contributed by atoms with Crippen LogP contribution in [-0.4, -0.2) is 41.1 Å².